The molecule has 0 saturated heterocycles. The summed E-state index contributed by atoms with van der Waals surface area (Å²) in [6.45, 7) is 11.6. The fraction of sp³-hybridized carbons (Fsp3) is 0.464. The first-order chi connectivity index (χ1) is 15.6. The van der Waals surface area contributed by atoms with E-state index < -0.39 is 0 Å². The summed E-state index contributed by atoms with van der Waals surface area (Å²) in [6, 6.07) is 17.1. The summed E-state index contributed by atoms with van der Waals surface area (Å²) in [6.07, 6.45) is 6.92. The van der Waals surface area contributed by atoms with Gasteiger partial charge in [-0.1, -0.05) is 56.3 Å². The highest BCUT2D eigenvalue weighted by atomic mass is 16.1. The Hall–Kier alpha value is -2.59. The van der Waals surface area contributed by atoms with Crippen molar-refractivity contribution in [3.8, 4) is 0 Å². The molecule has 0 fully saturated rings. The summed E-state index contributed by atoms with van der Waals surface area (Å²) in [5.74, 6) is 0.151. The zero-order chi connectivity index (χ0) is 22.8. The molecule has 3 rings (SSSR count). The van der Waals surface area contributed by atoms with E-state index in [0.717, 1.165) is 45.6 Å². The van der Waals surface area contributed by atoms with Crippen LogP contribution in [0.15, 0.2) is 54.7 Å². The molecule has 0 bridgehead atoms. The van der Waals surface area contributed by atoms with Gasteiger partial charge >= 0.3 is 0 Å². The number of fused-ring (bicyclic) bond motifs is 1. The number of carbonyl (C=O) groups excluding carboxylic acids is 1. The Morgan fingerprint density at radius 3 is 2.41 bits per heavy atom. The summed E-state index contributed by atoms with van der Waals surface area (Å²) >= 11 is 0. The molecule has 0 saturated carbocycles. The lowest BCUT2D eigenvalue weighted by Gasteiger charge is -2.20. The van der Waals surface area contributed by atoms with Crippen molar-refractivity contribution in [3.63, 3.8) is 0 Å². The largest absolute Gasteiger partial charge is 0.356 e. The second-order valence-corrected chi connectivity index (χ2v) is 8.77. The van der Waals surface area contributed by atoms with E-state index in [1.807, 2.05) is 0 Å². The second-order valence-electron chi connectivity index (χ2n) is 8.77. The molecule has 32 heavy (non-hydrogen) atoms. The van der Waals surface area contributed by atoms with Gasteiger partial charge in [-0.25, -0.2) is 0 Å². The van der Waals surface area contributed by atoms with E-state index >= 15 is 0 Å². The van der Waals surface area contributed by atoms with E-state index in [4.69, 9.17) is 0 Å². The average molecular weight is 434 g/mol. The van der Waals surface area contributed by atoms with Gasteiger partial charge in [0.1, 0.15) is 0 Å². The van der Waals surface area contributed by atoms with E-state index in [9.17, 15) is 4.79 Å². The van der Waals surface area contributed by atoms with Crippen molar-refractivity contribution in [2.24, 2.45) is 0 Å². The maximum Gasteiger partial charge on any atom is 0.220 e. The summed E-state index contributed by atoms with van der Waals surface area (Å²) in [5.41, 5.74) is 5.12. The van der Waals surface area contributed by atoms with Crippen LogP contribution in [0, 0.1) is 6.92 Å². The summed E-state index contributed by atoms with van der Waals surface area (Å²) in [7, 11) is 0. The van der Waals surface area contributed by atoms with Crippen LogP contribution < -0.4 is 5.32 Å². The van der Waals surface area contributed by atoms with E-state index in [2.05, 4.69) is 90.3 Å². The van der Waals surface area contributed by atoms with Crippen molar-refractivity contribution in [2.45, 2.75) is 59.4 Å². The Labute approximate surface area is 193 Å². The number of benzene rings is 2. The lowest BCUT2D eigenvalue weighted by Crippen LogP contribution is -2.31. The second kappa shape index (κ2) is 12.4. The minimum absolute atomic E-state index is 0.151. The van der Waals surface area contributed by atoms with Gasteiger partial charge in [-0.3, -0.25) is 4.79 Å². The van der Waals surface area contributed by atoms with E-state index in [-0.39, 0.29) is 5.91 Å². The maximum atomic E-state index is 12.5. The molecule has 0 radical (unpaired) electrons. The summed E-state index contributed by atoms with van der Waals surface area (Å²) < 4.78 is 2.32. The van der Waals surface area contributed by atoms with Crippen molar-refractivity contribution < 1.29 is 4.79 Å². The number of aryl methyl sites for hydroxylation is 2. The van der Waals surface area contributed by atoms with Gasteiger partial charge in [-0.15, -0.1) is 0 Å². The van der Waals surface area contributed by atoms with Crippen LogP contribution in [0.25, 0.3) is 10.9 Å². The van der Waals surface area contributed by atoms with Crippen LogP contribution in [0.1, 0.15) is 56.2 Å². The SMILES string of the molecule is CCCN(CCC)CCCNC(=O)CCc1cn(Cc2ccccc2C)c2ccccc12. The number of aromatic nitrogens is 1. The van der Waals surface area contributed by atoms with Crippen LogP contribution in [-0.4, -0.2) is 41.6 Å². The van der Waals surface area contributed by atoms with Gasteiger partial charge in [0.25, 0.3) is 0 Å². The Kier molecular flexibility index (Phi) is 9.36. The average Bonchev–Trinajstić information content (AvgIpc) is 3.14. The van der Waals surface area contributed by atoms with Gasteiger partial charge in [0.2, 0.25) is 5.91 Å². The van der Waals surface area contributed by atoms with Crippen LogP contribution >= 0.6 is 0 Å². The van der Waals surface area contributed by atoms with Crippen molar-refractivity contribution in [1.82, 2.24) is 14.8 Å². The van der Waals surface area contributed by atoms with Gasteiger partial charge < -0.3 is 14.8 Å². The highest BCUT2D eigenvalue weighted by molar-refractivity contribution is 5.85. The molecule has 4 heteroatoms. The third-order valence-electron chi connectivity index (χ3n) is 6.15. The lowest BCUT2D eigenvalue weighted by molar-refractivity contribution is -0.121. The number of amides is 1. The Balaban J connectivity index is 1.55. The molecule has 4 nitrogen and oxygen atoms in total. The summed E-state index contributed by atoms with van der Waals surface area (Å²) in [4.78, 5) is 15.0. The van der Waals surface area contributed by atoms with Gasteiger partial charge in [0.15, 0.2) is 0 Å². The van der Waals surface area contributed by atoms with E-state index in [1.54, 1.807) is 0 Å². The third-order valence-corrected chi connectivity index (χ3v) is 6.15. The molecule has 2 aromatic carbocycles. The van der Waals surface area contributed by atoms with Gasteiger partial charge in [0.05, 0.1) is 0 Å². The number of hydrogen-bond acceptors (Lipinski definition) is 2. The zero-order valence-corrected chi connectivity index (χ0v) is 20.1. The van der Waals surface area contributed by atoms with Gasteiger partial charge in [-0.05, 0) is 75.0 Å². The van der Waals surface area contributed by atoms with Crippen molar-refractivity contribution in [3.05, 3.63) is 71.4 Å². The zero-order valence-electron chi connectivity index (χ0n) is 20.1. The predicted octanol–water partition coefficient (Wildman–Crippen LogP) is 5.56. The predicted molar refractivity (Wildman–Crippen MR) is 135 cm³/mol. The van der Waals surface area contributed by atoms with Crippen molar-refractivity contribution >= 4 is 16.8 Å². The maximum absolute atomic E-state index is 12.5. The number of para-hydroxylation sites is 1. The first-order valence-electron chi connectivity index (χ1n) is 12.2. The molecule has 0 spiro atoms. The fourth-order valence-corrected chi connectivity index (χ4v) is 4.46. The Morgan fingerprint density at radius 2 is 1.66 bits per heavy atom. The van der Waals surface area contributed by atoms with Crippen molar-refractivity contribution in [2.75, 3.05) is 26.2 Å². The topological polar surface area (TPSA) is 37.3 Å². The smallest absolute Gasteiger partial charge is 0.220 e. The standard InChI is InChI=1S/C28H39N3O/c1-4-18-30(19-5-2)20-10-17-29-28(32)16-15-25-22-31(27-14-9-8-13-26(25)27)21-24-12-7-6-11-23(24)3/h6-9,11-14,22H,4-5,10,15-21H2,1-3H3,(H,29,32). The minimum Gasteiger partial charge on any atom is -0.356 e. The highest BCUT2D eigenvalue weighted by Gasteiger charge is 2.11. The number of carbonyl (C=O) groups is 1. The Morgan fingerprint density at radius 1 is 0.938 bits per heavy atom. The van der Waals surface area contributed by atoms with E-state index in [0.29, 0.717) is 6.42 Å². The fourth-order valence-electron chi connectivity index (χ4n) is 4.46. The lowest BCUT2D eigenvalue weighted by atomic mass is 10.1. The van der Waals surface area contributed by atoms with Crippen molar-refractivity contribution in [1.29, 1.82) is 0 Å². The van der Waals surface area contributed by atoms with Crippen LogP contribution in [0.5, 0.6) is 0 Å². The molecular formula is C28H39N3O. The van der Waals surface area contributed by atoms with Crippen LogP contribution in [0.4, 0.5) is 0 Å². The molecule has 0 aliphatic heterocycles. The monoisotopic (exact) mass is 433 g/mol. The van der Waals surface area contributed by atoms with Crippen LogP contribution in [0.2, 0.25) is 0 Å². The first kappa shape index (κ1) is 24.1. The molecule has 1 amide bonds. The molecule has 1 N–H and O–H groups in total. The van der Waals surface area contributed by atoms with E-state index in [1.165, 1.54) is 40.4 Å². The number of rotatable bonds is 13. The molecule has 3 aromatic rings. The third kappa shape index (κ3) is 6.70. The first-order valence-corrected chi connectivity index (χ1v) is 12.2. The molecule has 0 aliphatic rings. The highest BCUT2D eigenvalue weighted by Crippen LogP contribution is 2.24. The normalized spacial score (nSPS) is 11.4. The molecule has 0 aliphatic carbocycles. The quantitative estimate of drug-likeness (QED) is 0.358. The van der Waals surface area contributed by atoms with Gasteiger partial charge in [-0.2, -0.15) is 0 Å². The van der Waals surface area contributed by atoms with Crippen LogP contribution in [0.3, 0.4) is 0 Å². The number of hydrogen-bond donors (Lipinski definition) is 1. The molecule has 0 atom stereocenters. The molecule has 1 heterocycles. The molecule has 172 valence electrons. The molecular weight excluding hydrogens is 394 g/mol. The Bertz CT molecular complexity index is 985. The number of nitrogens with one attached hydrogen (secondary N) is 1. The van der Waals surface area contributed by atoms with Crippen LogP contribution in [-0.2, 0) is 17.8 Å². The minimum atomic E-state index is 0.151. The molecule has 0 unspecified atom stereocenters. The molecule has 1 aromatic heterocycles. The number of nitrogens with zero attached hydrogens (tertiary/aromatic N) is 2. The van der Waals surface area contributed by atoms with Gasteiger partial charge in [0, 0.05) is 36.6 Å². The summed E-state index contributed by atoms with van der Waals surface area (Å²) in [5, 5.41) is 4.38.